The van der Waals surface area contributed by atoms with E-state index in [1.165, 1.54) is 11.3 Å². The van der Waals surface area contributed by atoms with Crippen molar-refractivity contribution in [3.8, 4) is 0 Å². The summed E-state index contributed by atoms with van der Waals surface area (Å²) in [6, 6.07) is 14.3. The maximum Gasteiger partial charge on any atom is 0.106 e. The first-order valence-corrected chi connectivity index (χ1v) is 7.67. The van der Waals surface area contributed by atoms with Gasteiger partial charge < -0.3 is 10.6 Å². The molecule has 0 saturated carbocycles. The van der Waals surface area contributed by atoms with Crippen LogP contribution in [0.3, 0.4) is 0 Å². The molecule has 0 bridgehead atoms. The highest BCUT2D eigenvalue weighted by molar-refractivity contribution is 9.10. The summed E-state index contributed by atoms with van der Waals surface area (Å²) < 4.78 is 1.01. The van der Waals surface area contributed by atoms with Gasteiger partial charge in [-0.2, -0.15) is 0 Å². The number of halogens is 1. The van der Waals surface area contributed by atoms with E-state index in [0.29, 0.717) is 4.99 Å². The van der Waals surface area contributed by atoms with Crippen molar-refractivity contribution in [2.75, 3.05) is 11.4 Å². The number of hydrogen-bond donors (Lipinski definition) is 1. The fraction of sp³-hybridized carbons (Fsp3) is 0.188. The molecular formula is C16H17BrN2S. The SMILES string of the molecule is CCN(c1ccccc1C)c1cc(Br)ccc1C(N)=S. The Kier molecular flexibility index (Phi) is 4.78. The maximum atomic E-state index is 5.86. The van der Waals surface area contributed by atoms with Crippen molar-refractivity contribution in [2.24, 2.45) is 5.73 Å². The number of rotatable bonds is 4. The van der Waals surface area contributed by atoms with Gasteiger partial charge in [0.15, 0.2) is 0 Å². The second-order valence-corrected chi connectivity index (χ2v) is 5.91. The summed E-state index contributed by atoms with van der Waals surface area (Å²) in [6.07, 6.45) is 0. The zero-order chi connectivity index (χ0) is 14.7. The molecule has 0 atom stereocenters. The number of anilines is 2. The van der Waals surface area contributed by atoms with E-state index in [-0.39, 0.29) is 0 Å². The van der Waals surface area contributed by atoms with Crippen LogP contribution < -0.4 is 10.6 Å². The molecule has 2 aromatic carbocycles. The summed E-state index contributed by atoms with van der Waals surface area (Å²) in [7, 11) is 0. The van der Waals surface area contributed by atoms with Crippen LogP contribution in [0.1, 0.15) is 18.1 Å². The molecule has 20 heavy (non-hydrogen) atoms. The van der Waals surface area contributed by atoms with Crippen molar-refractivity contribution in [3.63, 3.8) is 0 Å². The Morgan fingerprint density at radius 1 is 1.20 bits per heavy atom. The quantitative estimate of drug-likeness (QED) is 0.821. The molecule has 4 heteroatoms. The van der Waals surface area contributed by atoms with Crippen LogP contribution in [0, 0.1) is 6.92 Å². The predicted octanol–water partition coefficient (Wildman–Crippen LogP) is 4.55. The van der Waals surface area contributed by atoms with E-state index in [1.54, 1.807) is 0 Å². The van der Waals surface area contributed by atoms with E-state index in [2.05, 4.69) is 52.9 Å². The molecule has 2 N–H and O–H groups in total. The van der Waals surface area contributed by atoms with Crippen LogP contribution >= 0.6 is 28.1 Å². The Balaban J connectivity index is 2.60. The highest BCUT2D eigenvalue weighted by atomic mass is 79.9. The second-order valence-electron chi connectivity index (χ2n) is 4.56. The summed E-state index contributed by atoms with van der Waals surface area (Å²) in [5, 5.41) is 0. The Hall–Kier alpha value is -1.39. The Morgan fingerprint density at radius 2 is 1.90 bits per heavy atom. The van der Waals surface area contributed by atoms with Gasteiger partial charge in [-0.3, -0.25) is 0 Å². The van der Waals surface area contributed by atoms with Crippen LogP contribution in [-0.4, -0.2) is 11.5 Å². The average Bonchev–Trinajstić information content (AvgIpc) is 2.41. The fourth-order valence-electron chi connectivity index (χ4n) is 2.27. The van der Waals surface area contributed by atoms with Crippen LogP contribution in [0.2, 0.25) is 0 Å². The molecule has 0 saturated heterocycles. The van der Waals surface area contributed by atoms with E-state index < -0.39 is 0 Å². The molecule has 0 spiro atoms. The fourth-order valence-corrected chi connectivity index (χ4v) is 2.79. The van der Waals surface area contributed by atoms with Gasteiger partial charge in [0.2, 0.25) is 0 Å². The van der Waals surface area contributed by atoms with Crippen LogP contribution in [0.4, 0.5) is 11.4 Å². The molecule has 0 aliphatic carbocycles. The summed E-state index contributed by atoms with van der Waals surface area (Å²) in [4.78, 5) is 2.65. The second kappa shape index (κ2) is 6.37. The van der Waals surface area contributed by atoms with E-state index in [0.717, 1.165) is 22.3 Å². The monoisotopic (exact) mass is 348 g/mol. The Labute approximate surface area is 133 Å². The number of para-hydroxylation sites is 1. The van der Waals surface area contributed by atoms with Gasteiger partial charge >= 0.3 is 0 Å². The normalized spacial score (nSPS) is 10.3. The molecule has 104 valence electrons. The van der Waals surface area contributed by atoms with E-state index >= 15 is 0 Å². The lowest BCUT2D eigenvalue weighted by atomic mass is 10.1. The molecular weight excluding hydrogens is 332 g/mol. The third kappa shape index (κ3) is 3.02. The first-order valence-electron chi connectivity index (χ1n) is 6.47. The highest BCUT2D eigenvalue weighted by Crippen LogP contribution is 2.32. The van der Waals surface area contributed by atoms with E-state index in [4.69, 9.17) is 18.0 Å². The largest absolute Gasteiger partial charge is 0.389 e. The van der Waals surface area contributed by atoms with Gasteiger partial charge in [-0.05, 0) is 43.7 Å². The molecule has 0 aliphatic heterocycles. The van der Waals surface area contributed by atoms with Crippen LogP contribution in [-0.2, 0) is 0 Å². The van der Waals surface area contributed by atoms with Gasteiger partial charge in [-0.15, -0.1) is 0 Å². The molecule has 2 aromatic rings. The summed E-state index contributed by atoms with van der Waals surface area (Å²) in [5.74, 6) is 0. The van der Waals surface area contributed by atoms with Crippen molar-refractivity contribution in [1.29, 1.82) is 0 Å². The van der Waals surface area contributed by atoms with E-state index in [9.17, 15) is 0 Å². The van der Waals surface area contributed by atoms with E-state index in [1.807, 2.05) is 24.3 Å². The lowest BCUT2D eigenvalue weighted by Gasteiger charge is -2.27. The maximum absolute atomic E-state index is 5.86. The van der Waals surface area contributed by atoms with Crippen LogP contribution in [0.25, 0.3) is 0 Å². The summed E-state index contributed by atoms with van der Waals surface area (Å²) >= 11 is 8.70. The number of nitrogens with two attached hydrogens (primary N) is 1. The highest BCUT2D eigenvalue weighted by Gasteiger charge is 2.15. The third-order valence-electron chi connectivity index (χ3n) is 3.24. The van der Waals surface area contributed by atoms with Gasteiger partial charge in [-0.1, -0.05) is 46.3 Å². The van der Waals surface area contributed by atoms with Crippen molar-refractivity contribution in [1.82, 2.24) is 0 Å². The molecule has 0 aromatic heterocycles. The van der Waals surface area contributed by atoms with Crippen molar-refractivity contribution >= 4 is 44.5 Å². The van der Waals surface area contributed by atoms with Crippen molar-refractivity contribution in [2.45, 2.75) is 13.8 Å². The van der Waals surface area contributed by atoms with Crippen molar-refractivity contribution in [3.05, 3.63) is 58.1 Å². The molecule has 0 amide bonds. The minimum absolute atomic E-state index is 0.416. The number of aryl methyl sites for hydroxylation is 1. The van der Waals surface area contributed by atoms with Crippen LogP contribution in [0.15, 0.2) is 46.9 Å². The third-order valence-corrected chi connectivity index (χ3v) is 3.95. The van der Waals surface area contributed by atoms with Gasteiger partial charge in [0.1, 0.15) is 4.99 Å². The van der Waals surface area contributed by atoms with Crippen LogP contribution in [0.5, 0.6) is 0 Å². The summed E-state index contributed by atoms with van der Waals surface area (Å²) in [6.45, 7) is 5.07. The minimum Gasteiger partial charge on any atom is -0.389 e. The van der Waals surface area contributed by atoms with Gasteiger partial charge in [0.05, 0.1) is 5.69 Å². The topological polar surface area (TPSA) is 29.3 Å². The number of nitrogens with zero attached hydrogens (tertiary/aromatic N) is 1. The molecule has 2 nitrogen and oxygen atoms in total. The number of thiocarbonyl (C=S) groups is 1. The zero-order valence-electron chi connectivity index (χ0n) is 11.6. The average molecular weight is 349 g/mol. The zero-order valence-corrected chi connectivity index (χ0v) is 14.0. The Bertz CT molecular complexity index is 640. The lowest BCUT2D eigenvalue weighted by molar-refractivity contribution is 1.01. The summed E-state index contributed by atoms with van der Waals surface area (Å²) in [5.41, 5.74) is 10.2. The standard InChI is InChI=1S/C16H17BrN2S/c1-3-19(14-7-5-4-6-11(14)2)15-10-12(17)8-9-13(15)16(18)20/h4-10H,3H2,1-2H3,(H2,18,20). The minimum atomic E-state index is 0.416. The molecule has 0 aliphatic rings. The predicted molar refractivity (Wildman–Crippen MR) is 93.9 cm³/mol. The molecule has 2 rings (SSSR count). The smallest absolute Gasteiger partial charge is 0.106 e. The number of benzene rings is 2. The van der Waals surface area contributed by atoms with Gasteiger partial charge in [-0.25, -0.2) is 0 Å². The Morgan fingerprint density at radius 3 is 2.50 bits per heavy atom. The van der Waals surface area contributed by atoms with Gasteiger partial charge in [0, 0.05) is 22.3 Å². The van der Waals surface area contributed by atoms with Crippen molar-refractivity contribution < 1.29 is 0 Å². The first kappa shape index (κ1) is 15.0. The molecule has 0 heterocycles. The first-order chi connectivity index (χ1) is 9.54. The molecule has 0 radical (unpaired) electrons. The van der Waals surface area contributed by atoms with Gasteiger partial charge in [0.25, 0.3) is 0 Å². The molecule has 0 unspecified atom stereocenters. The lowest BCUT2D eigenvalue weighted by Crippen LogP contribution is -2.22. The molecule has 0 fully saturated rings. The number of hydrogen-bond acceptors (Lipinski definition) is 2.